The second-order valence-corrected chi connectivity index (χ2v) is 5.50. The molecule has 24 heavy (non-hydrogen) atoms. The highest BCUT2D eigenvalue weighted by molar-refractivity contribution is 6.30. The van der Waals surface area contributed by atoms with E-state index in [0.717, 1.165) is 0 Å². The Morgan fingerprint density at radius 1 is 1.12 bits per heavy atom. The minimum absolute atomic E-state index is 0.0446. The number of halogens is 2. The van der Waals surface area contributed by atoms with Crippen molar-refractivity contribution in [3.8, 4) is 11.5 Å². The first-order valence-electron chi connectivity index (χ1n) is 6.95. The zero-order valence-corrected chi connectivity index (χ0v) is 14.7. The third kappa shape index (κ3) is 3.99. The quantitative estimate of drug-likeness (QED) is 0.365. The Morgan fingerprint density at radius 2 is 1.71 bits per heavy atom. The molecule has 0 amide bonds. The summed E-state index contributed by atoms with van der Waals surface area (Å²) in [6, 6.07) is 9.72. The van der Waals surface area contributed by atoms with Crippen LogP contribution in [-0.4, -0.2) is 31.7 Å². The zero-order valence-electron chi connectivity index (χ0n) is 13.2. The van der Waals surface area contributed by atoms with E-state index in [4.69, 9.17) is 38.4 Å². The van der Waals surface area contributed by atoms with E-state index in [2.05, 4.69) is 4.99 Å². The van der Waals surface area contributed by atoms with Gasteiger partial charge < -0.3 is 15.2 Å². The Bertz CT molecular complexity index is 774. The van der Waals surface area contributed by atoms with Crippen LogP contribution in [0.15, 0.2) is 41.4 Å². The highest BCUT2D eigenvalue weighted by Gasteiger charge is 2.18. The van der Waals surface area contributed by atoms with E-state index in [-0.39, 0.29) is 17.5 Å². The number of ketones is 1. The molecule has 0 heterocycles. The molecule has 0 spiro atoms. The number of benzene rings is 2. The predicted octanol–water partition coefficient (Wildman–Crippen LogP) is 3.82. The van der Waals surface area contributed by atoms with Crippen molar-refractivity contribution in [3.05, 3.63) is 52.5 Å². The molecule has 0 bridgehead atoms. The summed E-state index contributed by atoms with van der Waals surface area (Å²) >= 11 is 11.6. The average molecular weight is 367 g/mol. The van der Waals surface area contributed by atoms with Gasteiger partial charge in [0.1, 0.15) is 5.84 Å². The fourth-order valence-corrected chi connectivity index (χ4v) is 2.27. The highest BCUT2D eigenvalue weighted by Crippen LogP contribution is 2.36. The molecule has 0 fully saturated rings. The summed E-state index contributed by atoms with van der Waals surface area (Å²) in [5, 5.41) is 0.545. The summed E-state index contributed by atoms with van der Waals surface area (Å²) in [4.78, 5) is 17.0. The Kier molecular flexibility index (Phi) is 6.06. The number of hydrogen-bond donors (Lipinski definition) is 1. The van der Waals surface area contributed by atoms with E-state index in [1.54, 1.807) is 36.4 Å². The lowest BCUT2D eigenvalue weighted by atomic mass is 10.0. The van der Waals surface area contributed by atoms with E-state index in [1.807, 2.05) is 0 Å². The Hall–Kier alpha value is -2.24. The Labute approximate surface area is 150 Å². The van der Waals surface area contributed by atoms with Crippen LogP contribution in [0.5, 0.6) is 11.5 Å². The number of hydrogen-bond acceptors (Lipinski definition) is 4. The van der Waals surface area contributed by atoms with Crippen molar-refractivity contribution in [1.82, 2.24) is 0 Å². The van der Waals surface area contributed by atoms with Crippen LogP contribution in [0.1, 0.15) is 15.9 Å². The van der Waals surface area contributed by atoms with Gasteiger partial charge in [-0.2, -0.15) is 0 Å². The number of carbonyl (C=O) groups is 1. The lowest BCUT2D eigenvalue weighted by Crippen LogP contribution is -2.13. The van der Waals surface area contributed by atoms with Gasteiger partial charge in [-0.15, -0.1) is 11.6 Å². The molecule has 0 aromatic heterocycles. The molecule has 0 aliphatic rings. The molecule has 2 aromatic rings. The van der Waals surface area contributed by atoms with Gasteiger partial charge in [0.2, 0.25) is 0 Å². The summed E-state index contributed by atoms with van der Waals surface area (Å²) in [6.45, 7) is 0. The summed E-state index contributed by atoms with van der Waals surface area (Å²) in [6.07, 6.45) is 0. The first-order valence-corrected chi connectivity index (χ1v) is 7.86. The Balaban J connectivity index is 2.61. The van der Waals surface area contributed by atoms with E-state index >= 15 is 0 Å². The summed E-state index contributed by atoms with van der Waals surface area (Å²) < 4.78 is 10.5. The van der Waals surface area contributed by atoms with Crippen LogP contribution in [0.4, 0.5) is 5.69 Å². The molecule has 5 nitrogen and oxygen atoms in total. The minimum Gasteiger partial charge on any atom is -0.493 e. The highest BCUT2D eigenvalue weighted by atomic mass is 35.5. The third-order valence-electron chi connectivity index (χ3n) is 3.25. The summed E-state index contributed by atoms with van der Waals surface area (Å²) in [5.74, 6) is 0.843. The fourth-order valence-electron chi connectivity index (χ4n) is 2.08. The SMILES string of the molecule is COc1cc(N=C(N)CCl)c(C(=O)c2ccc(Cl)cc2)cc1OC. The molecule has 126 valence electrons. The van der Waals surface area contributed by atoms with Gasteiger partial charge in [-0.05, 0) is 30.3 Å². The van der Waals surface area contributed by atoms with Crippen molar-refractivity contribution in [2.24, 2.45) is 10.7 Å². The number of ether oxygens (including phenoxy) is 2. The molecule has 0 atom stereocenters. The molecule has 0 saturated heterocycles. The monoisotopic (exact) mass is 366 g/mol. The topological polar surface area (TPSA) is 73.9 Å². The largest absolute Gasteiger partial charge is 0.493 e. The molecule has 2 rings (SSSR count). The van der Waals surface area contributed by atoms with Crippen LogP contribution in [0, 0.1) is 0 Å². The van der Waals surface area contributed by atoms with Gasteiger partial charge in [0.25, 0.3) is 0 Å². The average Bonchev–Trinajstić information content (AvgIpc) is 2.61. The Morgan fingerprint density at radius 3 is 2.25 bits per heavy atom. The number of rotatable bonds is 6. The van der Waals surface area contributed by atoms with E-state index in [9.17, 15) is 4.79 Å². The van der Waals surface area contributed by atoms with E-state index in [0.29, 0.717) is 33.3 Å². The lowest BCUT2D eigenvalue weighted by molar-refractivity contribution is 0.103. The van der Waals surface area contributed by atoms with Gasteiger partial charge in [-0.25, -0.2) is 4.99 Å². The molecule has 2 aromatic carbocycles. The van der Waals surface area contributed by atoms with Crippen LogP contribution >= 0.6 is 23.2 Å². The molecular weight excluding hydrogens is 351 g/mol. The van der Waals surface area contributed by atoms with Gasteiger partial charge in [0.15, 0.2) is 17.3 Å². The fraction of sp³-hybridized carbons (Fsp3) is 0.176. The van der Waals surface area contributed by atoms with Crippen LogP contribution < -0.4 is 15.2 Å². The van der Waals surface area contributed by atoms with E-state index in [1.165, 1.54) is 14.2 Å². The molecular formula is C17H16Cl2N2O3. The lowest BCUT2D eigenvalue weighted by Gasteiger charge is -2.12. The van der Waals surface area contributed by atoms with Crippen molar-refractivity contribution in [2.45, 2.75) is 0 Å². The van der Waals surface area contributed by atoms with E-state index < -0.39 is 0 Å². The molecule has 7 heteroatoms. The maximum absolute atomic E-state index is 12.8. The summed E-state index contributed by atoms with van der Waals surface area (Å²) in [5.41, 5.74) is 6.85. The van der Waals surface area contributed by atoms with Gasteiger partial charge in [0.05, 0.1) is 31.4 Å². The zero-order chi connectivity index (χ0) is 17.7. The number of carbonyl (C=O) groups excluding carboxylic acids is 1. The standard InChI is InChI=1S/C17H16Cl2N2O3/c1-23-14-7-12(17(22)10-3-5-11(19)6-4-10)13(8-15(14)24-2)21-16(20)9-18/h3-8H,9H2,1-2H3,(H2,20,21). The number of nitrogens with two attached hydrogens (primary N) is 1. The number of methoxy groups -OCH3 is 2. The second-order valence-electron chi connectivity index (χ2n) is 4.80. The number of aliphatic imine (C=N–C) groups is 1. The first-order chi connectivity index (χ1) is 11.5. The van der Waals surface area contributed by atoms with Crippen molar-refractivity contribution in [3.63, 3.8) is 0 Å². The summed E-state index contributed by atoms with van der Waals surface area (Å²) in [7, 11) is 2.99. The molecule has 2 N–H and O–H groups in total. The molecule has 0 aliphatic carbocycles. The molecule has 0 aliphatic heterocycles. The van der Waals surface area contributed by atoms with Crippen LogP contribution in [0.2, 0.25) is 5.02 Å². The molecule has 0 saturated carbocycles. The first kappa shape index (κ1) is 18.1. The number of alkyl halides is 1. The van der Waals surface area contributed by atoms with Crippen LogP contribution in [0.3, 0.4) is 0 Å². The predicted molar refractivity (Wildman–Crippen MR) is 96.4 cm³/mol. The van der Waals surface area contributed by atoms with Gasteiger partial charge in [-0.1, -0.05) is 11.6 Å². The maximum atomic E-state index is 12.8. The smallest absolute Gasteiger partial charge is 0.195 e. The normalized spacial score (nSPS) is 11.2. The van der Waals surface area contributed by atoms with Crippen molar-refractivity contribution in [2.75, 3.05) is 20.1 Å². The molecule has 0 radical (unpaired) electrons. The second kappa shape index (κ2) is 8.04. The molecule has 0 unspecified atom stereocenters. The van der Waals surface area contributed by atoms with Gasteiger partial charge >= 0.3 is 0 Å². The van der Waals surface area contributed by atoms with Crippen molar-refractivity contribution >= 4 is 40.5 Å². The van der Waals surface area contributed by atoms with Crippen LogP contribution in [-0.2, 0) is 0 Å². The third-order valence-corrected chi connectivity index (χ3v) is 3.78. The van der Waals surface area contributed by atoms with Crippen molar-refractivity contribution < 1.29 is 14.3 Å². The minimum atomic E-state index is -0.242. The number of nitrogens with zero attached hydrogens (tertiary/aromatic N) is 1. The van der Waals surface area contributed by atoms with Crippen molar-refractivity contribution in [1.29, 1.82) is 0 Å². The van der Waals surface area contributed by atoms with Gasteiger partial charge in [0, 0.05) is 16.7 Å². The number of amidine groups is 1. The van der Waals surface area contributed by atoms with Gasteiger partial charge in [-0.3, -0.25) is 4.79 Å². The van der Waals surface area contributed by atoms with Crippen LogP contribution in [0.25, 0.3) is 0 Å². The maximum Gasteiger partial charge on any atom is 0.195 e.